The van der Waals surface area contributed by atoms with Crippen LogP contribution in [0.4, 0.5) is 4.39 Å². The number of rotatable bonds is 11. The van der Waals surface area contributed by atoms with Crippen LogP contribution in [0.5, 0.6) is 0 Å². The number of halogens is 1. The minimum Gasteiger partial charge on any atom is -0.271 e. The van der Waals surface area contributed by atoms with Gasteiger partial charge in [-0.15, -0.1) is 0 Å². The maximum Gasteiger partial charge on any atom is 0.123 e. The van der Waals surface area contributed by atoms with Crippen molar-refractivity contribution in [2.75, 3.05) is 0 Å². The molecular weight excluding hydrogens is 251 g/mol. The van der Waals surface area contributed by atoms with Crippen LogP contribution in [-0.2, 0) is 6.42 Å². The van der Waals surface area contributed by atoms with Gasteiger partial charge in [-0.1, -0.05) is 64.0 Å². The second-order valence-corrected chi connectivity index (χ2v) is 5.61. The molecule has 3 heteroatoms. The molecule has 0 heterocycles. The Morgan fingerprint density at radius 1 is 1.10 bits per heavy atom. The lowest BCUT2D eigenvalue weighted by Gasteiger charge is -2.15. The molecule has 0 aliphatic carbocycles. The van der Waals surface area contributed by atoms with Gasteiger partial charge in [0.2, 0.25) is 0 Å². The fourth-order valence-electron chi connectivity index (χ4n) is 2.54. The van der Waals surface area contributed by atoms with E-state index in [0.29, 0.717) is 0 Å². The Kier molecular flexibility index (Phi) is 9.25. The molecule has 0 bridgehead atoms. The van der Waals surface area contributed by atoms with Gasteiger partial charge in [0.05, 0.1) is 0 Å². The lowest BCUT2D eigenvalue weighted by atomic mass is 10.00. The third-order valence-corrected chi connectivity index (χ3v) is 3.76. The summed E-state index contributed by atoms with van der Waals surface area (Å²) in [5, 5.41) is 0. The van der Waals surface area contributed by atoms with Crippen molar-refractivity contribution >= 4 is 0 Å². The van der Waals surface area contributed by atoms with Gasteiger partial charge in [0, 0.05) is 6.04 Å². The average molecular weight is 280 g/mol. The standard InChI is InChI=1S/C17H29FN2/c1-2-3-4-5-6-7-8-12-17(20-19)14-15-10-9-11-16(18)13-15/h9-11,13,17,20H,2-8,12,14,19H2,1H3. The summed E-state index contributed by atoms with van der Waals surface area (Å²) in [5.74, 6) is 5.42. The molecule has 0 aromatic heterocycles. The van der Waals surface area contributed by atoms with E-state index in [0.717, 1.165) is 18.4 Å². The zero-order valence-corrected chi connectivity index (χ0v) is 12.7. The predicted octanol–water partition coefficient (Wildman–Crippen LogP) is 4.34. The molecule has 0 radical (unpaired) electrons. The Hall–Kier alpha value is -0.930. The number of benzene rings is 1. The first kappa shape index (κ1) is 17.1. The van der Waals surface area contributed by atoms with Crippen molar-refractivity contribution in [3.05, 3.63) is 35.6 Å². The van der Waals surface area contributed by atoms with Crippen LogP contribution in [0.2, 0.25) is 0 Å². The van der Waals surface area contributed by atoms with E-state index in [4.69, 9.17) is 5.84 Å². The Labute approximate surface area is 122 Å². The molecule has 1 rings (SSSR count). The molecule has 0 saturated carbocycles. The van der Waals surface area contributed by atoms with Gasteiger partial charge in [-0.2, -0.15) is 0 Å². The summed E-state index contributed by atoms with van der Waals surface area (Å²) >= 11 is 0. The van der Waals surface area contributed by atoms with Crippen molar-refractivity contribution in [1.29, 1.82) is 0 Å². The van der Waals surface area contributed by atoms with Crippen LogP contribution in [-0.4, -0.2) is 6.04 Å². The van der Waals surface area contributed by atoms with E-state index in [9.17, 15) is 4.39 Å². The van der Waals surface area contributed by atoms with Gasteiger partial charge in [0.25, 0.3) is 0 Å². The Balaban J connectivity index is 2.16. The molecule has 0 aliphatic heterocycles. The minimum atomic E-state index is -0.172. The molecule has 1 aromatic carbocycles. The Morgan fingerprint density at radius 2 is 1.80 bits per heavy atom. The molecule has 2 nitrogen and oxygen atoms in total. The highest BCUT2D eigenvalue weighted by atomic mass is 19.1. The number of nitrogens with two attached hydrogens (primary N) is 1. The van der Waals surface area contributed by atoms with Crippen molar-refractivity contribution in [3.63, 3.8) is 0 Å². The van der Waals surface area contributed by atoms with E-state index < -0.39 is 0 Å². The lowest BCUT2D eigenvalue weighted by molar-refractivity contribution is 0.458. The van der Waals surface area contributed by atoms with Crippen LogP contribution in [0.3, 0.4) is 0 Å². The highest BCUT2D eigenvalue weighted by molar-refractivity contribution is 5.17. The van der Waals surface area contributed by atoms with Gasteiger partial charge in [0.1, 0.15) is 5.82 Å². The molecule has 20 heavy (non-hydrogen) atoms. The second-order valence-electron chi connectivity index (χ2n) is 5.61. The number of hydrogen-bond donors (Lipinski definition) is 2. The maximum absolute atomic E-state index is 13.1. The van der Waals surface area contributed by atoms with Crippen LogP contribution in [0, 0.1) is 5.82 Å². The highest BCUT2D eigenvalue weighted by Gasteiger charge is 2.08. The number of hydrazine groups is 1. The zero-order valence-electron chi connectivity index (χ0n) is 12.7. The third kappa shape index (κ3) is 7.61. The SMILES string of the molecule is CCCCCCCCCC(Cc1cccc(F)c1)NN. The summed E-state index contributed by atoms with van der Waals surface area (Å²) in [6.07, 6.45) is 11.0. The molecule has 0 amide bonds. The molecule has 0 spiro atoms. The number of unbranched alkanes of at least 4 members (excludes halogenated alkanes) is 6. The third-order valence-electron chi connectivity index (χ3n) is 3.76. The zero-order chi connectivity index (χ0) is 14.6. The molecule has 0 saturated heterocycles. The molecule has 0 aliphatic rings. The number of hydrogen-bond acceptors (Lipinski definition) is 2. The molecule has 1 aromatic rings. The van der Waals surface area contributed by atoms with Crippen molar-refractivity contribution in [2.45, 2.75) is 70.8 Å². The molecule has 0 fully saturated rings. The normalized spacial score (nSPS) is 12.6. The summed E-state index contributed by atoms with van der Waals surface area (Å²) < 4.78 is 13.1. The van der Waals surface area contributed by atoms with Crippen LogP contribution >= 0.6 is 0 Å². The van der Waals surface area contributed by atoms with E-state index >= 15 is 0 Å². The van der Waals surface area contributed by atoms with Gasteiger partial charge in [-0.05, 0) is 30.5 Å². The molecule has 1 unspecified atom stereocenters. The molecular formula is C17H29FN2. The van der Waals surface area contributed by atoms with Crippen molar-refractivity contribution in [3.8, 4) is 0 Å². The summed E-state index contributed by atoms with van der Waals surface area (Å²) in [6.45, 7) is 2.24. The first-order valence-corrected chi connectivity index (χ1v) is 7.96. The summed E-state index contributed by atoms with van der Waals surface area (Å²) in [7, 11) is 0. The van der Waals surface area contributed by atoms with Gasteiger partial charge >= 0.3 is 0 Å². The van der Waals surface area contributed by atoms with Crippen molar-refractivity contribution in [2.24, 2.45) is 5.84 Å². The molecule has 1 atom stereocenters. The summed E-state index contributed by atoms with van der Waals surface area (Å²) in [5.41, 5.74) is 3.87. The van der Waals surface area contributed by atoms with E-state index in [1.54, 1.807) is 12.1 Å². The smallest absolute Gasteiger partial charge is 0.123 e. The van der Waals surface area contributed by atoms with Gasteiger partial charge in [-0.3, -0.25) is 11.3 Å². The van der Waals surface area contributed by atoms with E-state index in [2.05, 4.69) is 12.3 Å². The van der Waals surface area contributed by atoms with E-state index in [-0.39, 0.29) is 11.9 Å². The second kappa shape index (κ2) is 10.8. The monoisotopic (exact) mass is 280 g/mol. The highest BCUT2D eigenvalue weighted by Crippen LogP contribution is 2.13. The minimum absolute atomic E-state index is 0.172. The maximum atomic E-state index is 13.1. The van der Waals surface area contributed by atoms with Gasteiger partial charge in [-0.25, -0.2) is 4.39 Å². The van der Waals surface area contributed by atoms with E-state index in [1.807, 2.05) is 6.07 Å². The molecule has 3 N–H and O–H groups in total. The molecule has 114 valence electrons. The fourth-order valence-corrected chi connectivity index (χ4v) is 2.54. The quantitative estimate of drug-likeness (QED) is 0.359. The predicted molar refractivity (Wildman–Crippen MR) is 83.8 cm³/mol. The largest absolute Gasteiger partial charge is 0.271 e. The summed E-state index contributed by atoms with van der Waals surface area (Å²) in [4.78, 5) is 0. The van der Waals surface area contributed by atoms with Gasteiger partial charge < -0.3 is 0 Å². The fraction of sp³-hybridized carbons (Fsp3) is 0.647. The lowest BCUT2D eigenvalue weighted by Crippen LogP contribution is -2.36. The van der Waals surface area contributed by atoms with Crippen molar-refractivity contribution < 1.29 is 4.39 Å². The first-order valence-electron chi connectivity index (χ1n) is 7.96. The van der Waals surface area contributed by atoms with Crippen LogP contribution in [0.1, 0.15) is 63.9 Å². The first-order chi connectivity index (χ1) is 9.76. The summed E-state index contributed by atoms with van der Waals surface area (Å²) in [6, 6.07) is 7.02. The van der Waals surface area contributed by atoms with Crippen molar-refractivity contribution in [1.82, 2.24) is 5.43 Å². The van der Waals surface area contributed by atoms with Crippen LogP contribution in [0.15, 0.2) is 24.3 Å². The Morgan fingerprint density at radius 3 is 2.45 bits per heavy atom. The Bertz CT molecular complexity index is 355. The van der Waals surface area contributed by atoms with Crippen LogP contribution in [0.25, 0.3) is 0 Å². The average Bonchev–Trinajstić information content (AvgIpc) is 2.45. The topological polar surface area (TPSA) is 38.0 Å². The van der Waals surface area contributed by atoms with Gasteiger partial charge in [0.15, 0.2) is 0 Å². The van der Waals surface area contributed by atoms with E-state index in [1.165, 1.54) is 51.0 Å². The van der Waals surface area contributed by atoms with Crippen LogP contribution < -0.4 is 11.3 Å². The number of nitrogens with one attached hydrogen (secondary N) is 1.